The summed E-state index contributed by atoms with van der Waals surface area (Å²) in [7, 11) is -16.0. The molecule has 0 bridgehead atoms. The average molecular weight is 733 g/mol. The summed E-state index contributed by atoms with van der Waals surface area (Å²) >= 11 is 0. The number of hydrogen-bond acceptors (Lipinski definition) is 13. The normalized spacial score (nSPS) is 13.2. The van der Waals surface area contributed by atoms with Crippen molar-refractivity contribution in [2.45, 2.75) is 28.0 Å². The molecule has 0 saturated heterocycles. The standard InChI is InChI=1S/C28H32N2O13S4/c1-17(2)28(33)29-10-5-11-30(12-13-45(36,37)42-3)46(38,39)24-14-22(32)18-6-7-19-23(44(34,35)16-31)15-25(47(40,41)43-4)21-9-8-20(24)26(18)27(19)21/h6-9,14-15,31-32H,1,5,10-13,16H2,2-4H3,(H,29,33). The maximum Gasteiger partial charge on any atom is 0.297 e. The number of hydrogen-bond donors (Lipinski definition) is 3. The minimum absolute atomic E-state index is 0.0112. The SMILES string of the molecule is C=C(C)C(=O)NCCCN(CCS(=O)(=O)OC)S(=O)(=O)c1cc(O)c2ccc3c(S(=O)(=O)CO)cc(S(=O)(=O)OC)c4ccc1c2c34. The van der Waals surface area contributed by atoms with Crippen molar-refractivity contribution in [3.05, 3.63) is 48.6 Å². The summed E-state index contributed by atoms with van der Waals surface area (Å²) in [6.45, 7) is 4.16. The summed E-state index contributed by atoms with van der Waals surface area (Å²) in [5.41, 5.74) is 0.223. The van der Waals surface area contributed by atoms with Gasteiger partial charge in [-0.3, -0.25) is 13.2 Å². The number of carbonyl (C=O) groups excluding carboxylic acids is 1. The minimum Gasteiger partial charge on any atom is -0.507 e. The van der Waals surface area contributed by atoms with E-state index in [1.165, 1.54) is 31.2 Å². The Balaban J connectivity index is 2.01. The molecular weight excluding hydrogens is 701 g/mol. The number of phenols is 1. The van der Waals surface area contributed by atoms with Crippen LogP contribution in [0.3, 0.4) is 0 Å². The number of nitrogens with one attached hydrogen (secondary N) is 1. The number of aliphatic hydroxyl groups excluding tert-OH is 1. The number of sulfone groups is 1. The first-order chi connectivity index (χ1) is 21.8. The predicted octanol–water partition coefficient (Wildman–Crippen LogP) is 1.40. The van der Waals surface area contributed by atoms with Crippen LogP contribution in [0.15, 0.2) is 63.2 Å². The van der Waals surface area contributed by atoms with Crippen LogP contribution in [0.1, 0.15) is 13.3 Å². The number of benzene rings is 4. The Kier molecular flexibility index (Phi) is 10.2. The monoisotopic (exact) mass is 732 g/mol. The Morgan fingerprint density at radius 2 is 1.38 bits per heavy atom. The van der Waals surface area contributed by atoms with E-state index < -0.39 is 84.7 Å². The highest BCUT2D eigenvalue weighted by Crippen LogP contribution is 2.45. The number of aromatic hydroxyl groups is 1. The highest BCUT2D eigenvalue weighted by atomic mass is 32.2. The van der Waals surface area contributed by atoms with Crippen LogP contribution in [0.4, 0.5) is 0 Å². The number of aliphatic hydroxyl groups is 1. The van der Waals surface area contributed by atoms with E-state index in [9.17, 15) is 48.7 Å². The summed E-state index contributed by atoms with van der Waals surface area (Å²) in [5.74, 6) is -3.13. The van der Waals surface area contributed by atoms with Gasteiger partial charge in [-0.1, -0.05) is 24.8 Å². The molecule has 0 fully saturated rings. The molecule has 47 heavy (non-hydrogen) atoms. The highest BCUT2D eigenvalue weighted by Gasteiger charge is 2.32. The largest absolute Gasteiger partial charge is 0.507 e. The fourth-order valence-electron chi connectivity index (χ4n) is 5.11. The van der Waals surface area contributed by atoms with Crippen molar-refractivity contribution in [3.63, 3.8) is 0 Å². The third kappa shape index (κ3) is 6.93. The number of rotatable bonds is 15. The van der Waals surface area contributed by atoms with Gasteiger partial charge < -0.3 is 15.5 Å². The molecule has 0 spiro atoms. The Bertz CT molecular complexity index is 2280. The third-order valence-electron chi connectivity index (χ3n) is 7.48. The van der Waals surface area contributed by atoms with Gasteiger partial charge in [-0.05, 0) is 25.5 Å². The molecule has 15 nitrogen and oxygen atoms in total. The van der Waals surface area contributed by atoms with E-state index in [0.29, 0.717) is 0 Å². The minimum atomic E-state index is -4.66. The maximum atomic E-state index is 14.3. The number of carbonyl (C=O) groups is 1. The van der Waals surface area contributed by atoms with Gasteiger partial charge >= 0.3 is 0 Å². The maximum absolute atomic E-state index is 14.3. The van der Waals surface area contributed by atoms with Gasteiger partial charge in [0.25, 0.3) is 20.2 Å². The molecule has 0 atom stereocenters. The van der Waals surface area contributed by atoms with E-state index in [1.807, 2.05) is 0 Å². The summed E-state index contributed by atoms with van der Waals surface area (Å²) in [6, 6.07) is 6.95. The van der Waals surface area contributed by atoms with Crippen LogP contribution in [0.5, 0.6) is 5.75 Å². The fourth-order valence-corrected chi connectivity index (χ4v) is 9.42. The molecule has 0 radical (unpaired) electrons. The van der Waals surface area contributed by atoms with Crippen LogP contribution in [0.2, 0.25) is 0 Å². The first-order valence-electron chi connectivity index (χ1n) is 13.7. The van der Waals surface area contributed by atoms with Crippen molar-refractivity contribution < 1.29 is 57.0 Å². The van der Waals surface area contributed by atoms with Gasteiger partial charge in [0.1, 0.15) is 16.6 Å². The molecule has 0 unspecified atom stereocenters. The van der Waals surface area contributed by atoms with Crippen molar-refractivity contribution in [2.75, 3.05) is 45.5 Å². The molecule has 4 aromatic carbocycles. The van der Waals surface area contributed by atoms with E-state index in [2.05, 4.69) is 20.3 Å². The second kappa shape index (κ2) is 13.2. The average Bonchev–Trinajstić information content (AvgIpc) is 3.02. The van der Waals surface area contributed by atoms with Crippen LogP contribution in [0.25, 0.3) is 32.3 Å². The van der Waals surface area contributed by atoms with Gasteiger partial charge in [-0.2, -0.15) is 21.1 Å². The van der Waals surface area contributed by atoms with Crippen LogP contribution in [-0.2, 0) is 53.3 Å². The molecule has 0 aliphatic rings. The summed E-state index contributed by atoms with van der Waals surface area (Å²) < 4.78 is 115. The van der Waals surface area contributed by atoms with Crippen molar-refractivity contribution >= 4 is 78.3 Å². The lowest BCUT2D eigenvalue weighted by atomic mass is 9.94. The molecule has 0 saturated carbocycles. The second-order valence-electron chi connectivity index (χ2n) is 10.4. The topological polar surface area (TPSA) is 228 Å². The molecule has 0 aromatic heterocycles. The van der Waals surface area contributed by atoms with Gasteiger partial charge in [-0.15, -0.1) is 0 Å². The zero-order valence-electron chi connectivity index (χ0n) is 25.4. The molecule has 0 aliphatic heterocycles. The summed E-state index contributed by atoms with van der Waals surface area (Å²) in [6.07, 6.45) is 0.0453. The molecule has 0 aliphatic carbocycles. The van der Waals surface area contributed by atoms with Crippen molar-refractivity contribution in [3.8, 4) is 5.75 Å². The lowest BCUT2D eigenvalue weighted by Gasteiger charge is -2.24. The smallest absolute Gasteiger partial charge is 0.297 e. The Labute approximate surface area is 271 Å². The van der Waals surface area contributed by atoms with Crippen molar-refractivity contribution in [1.29, 1.82) is 0 Å². The van der Waals surface area contributed by atoms with Crippen LogP contribution < -0.4 is 5.32 Å². The lowest BCUT2D eigenvalue weighted by molar-refractivity contribution is -0.117. The zero-order valence-corrected chi connectivity index (χ0v) is 28.6. The van der Waals surface area contributed by atoms with Crippen molar-refractivity contribution in [1.82, 2.24) is 9.62 Å². The molecule has 0 heterocycles. The lowest BCUT2D eigenvalue weighted by Crippen LogP contribution is -2.37. The predicted molar refractivity (Wildman–Crippen MR) is 172 cm³/mol. The fraction of sp³-hybridized carbons (Fsp3) is 0.321. The Morgan fingerprint density at radius 3 is 1.94 bits per heavy atom. The number of phenolic OH excluding ortho intramolecular Hbond substituents is 1. The van der Waals surface area contributed by atoms with E-state index >= 15 is 0 Å². The molecule has 256 valence electrons. The van der Waals surface area contributed by atoms with Gasteiger partial charge in [0.15, 0.2) is 0 Å². The Morgan fingerprint density at radius 1 is 0.830 bits per heavy atom. The van der Waals surface area contributed by atoms with E-state index in [-0.39, 0.29) is 57.4 Å². The van der Waals surface area contributed by atoms with Gasteiger partial charge in [0.05, 0.1) is 29.8 Å². The molecule has 19 heteroatoms. The zero-order chi connectivity index (χ0) is 35.1. The third-order valence-corrected chi connectivity index (χ3v) is 13.3. The summed E-state index contributed by atoms with van der Waals surface area (Å²) in [4.78, 5) is 10.2. The number of amides is 1. The van der Waals surface area contributed by atoms with E-state index in [4.69, 9.17) is 0 Å². The highest BCUT2D eigenvalue weighted by molar-refractivity contribution is 7.91. The number of nitrogens with zero attached hydrogens (tertiary/aromatic N) is 1. The first kappa shape index (κ1) is 36.4. The van der Waals surface area contributed by atoms with Gasteiger partial charge in [0.2, 0.25) is 25.8 Å². The first-order valence-corrected chi connectivity index (χ1v) is 19.7. The van der Waals surface area contributed by atoms with Crippen molar-refractivity contribution in [2.24, 2.45) is 0 Å². The van der Waals surface area contributed by atoms with Crippen LogP contribution >= 0.6 is 0 Å². The van der Waals surface area contributed by atoms with Gasteiger partial charge in [-0.25, -0.2) is 16.8 Å². The molecule has 4 aromatic rings. The molecular formula is C28H32N2O13S4. The molecule has 4 rings (SSSR count). The van der Waals surface area contributed by atoms with E-state index in [0.717, 1.165) is 30.7 Å². The van der Waals surface area contributed by atoms with E-state index in [1.54, 1.807) is 0 Å². The molecule has 1 amide bonds. The molecule has 3 N–H and O–H groups in total. The second-order valence-corrected chi connectivity index (χ2v) is 17.8. The van der Waals surface area contributed by atoms with Gasteiger partial charge in [0, 0.05) is 63.6 Å². The number of sulfonamides is 1. The van der Waals surface area contributed by atoms with Crippen LogP contribution in [0, 0.1) is 0 Å². The van der Waals surface area contributed by atoms with Crippen LogP contribution in [-0.4, -0.2) is 99.6 Å². The quantitative estimate of drug-likeness (QED) is 0.0681. The Hall–Kier alpha value is -3.43. The summed E-state index contributed by atoms with van der Waals surface area (Å²) in [5, 5.41) is 23.1.